The molecule has 0 bridgehead atoms. The second-order valence-electron chi connectivity index (χ2n) is 5.51. The zero-order chi connectivity index (χ0) is 15.0. The van der Waals surface area contributed by atoms with E-state index in [1.165, 1.54) is 12.1 Å². The van der Waals surface area contributed by atoms with E-state index < -0.39 is 0 Å². The Hall–Kier alpha value is -2.01. The molecule has 1 atom stereocenters. The minimum Gasteiger partial charge on any atom is -0.333 e. The van der Waals surface area contributed by atoms with Crippen LogP contribution in [0.5, 0.6) is 0 Å². The van der Waals surface area contributed by atoms with Crippen molar-refractivity contribution in [1.82, 2.24) is 15.2 Å². The number of halogens is 1. The van der Waals surface area contributed by atoms with Crippen LogP contribution in [0.25, 0.3) is 10.9 Å². The van der Waals surface area contributed by atoms with Gasteiger partial charge in [0.05, 0.1) is 16.8 Å². The fourth-order valence-corrected chi connectivity index (χ4v) is 2.75. The molecule has 1 fully saturated rings. The van der Waals surface area contributed by atoms with Crippen LogP contribution in [0.15, 0.2) is 24.3 Å². The molecular formula is C16H18FN3O. The van der Waals surface area contributed by atoms with Gasteiger partial charge >= 0.3 is 0 Å². The Labute approximate surface area is 123 Å². The number of aromatic nitrogens is 1. The van der Waals surface area contributed by atoms with E-state index in [2.05, 4.69) is 10.3 Å². The summed E-state index contributed by atoms with van der Waals surface area (Å²) in [5.74, 6) is -0.315. The van der Waals surface area contributed by atoms with E-state index in [1.807, 2.05) is 17.9 Å². The zero-order valence-electron chi connectivity index (χ0n) is 12.2. The molecule has 1 aromatic heterocycles. The molecule has 0 aliphatic carbocycles. The molecular weight excluding hydrogens is 269 g/mol. The van der Waals surface area contributed by atoms with Crippen LogP contribution < -0.4 is 5.32 Å². The van der Waals surface area contributed by atoms with Gasteiger partial charge in [-0.2, -0.15) is 0 Å². The van der Waals surface area contributed by atoms with Gasteiger partial charge in [-0.15, -0.1) is 0 Å². The number of hydrogen-bond acceptors (Lipinski definition) is 3. The molecule has 110 valence electrons. The average molecular weight is 287 g/mol. The summed E-state index contributed by atoms with van der Waals surface area (Å²) in [6.45, 7) is 6.13. The molecule has 2 aromatic rings. The number of nitrogens with zero attached hydrogens (tertiary/aromatic N) is 2. The van der Waals surface area contributed by atoms with Crippen LogP contribution in [0.1, 0.15) is 23.0 Å². The predicted molar refractivity (Wildman–Crippen MR) is 79.8 cm³/mol. The van der Waals surface area contributed by atoms with Crippen LogP contribution in [0, 0.1) is 12.7 Å². The van der Waals surface area contributed by atoms with Gasteiger partial charge in [0, 0.05) is 37.1 Å². The molecule has 21 heavy (non-hydrogen) atoms. The van der Waals surface area contributed by atoms with Crippen molar-refractivity contribution in [3.05, 3.63) is 41.3 Å². The standard InChI is InChI=1S/C16H18FN3O/c1-10-9-18-5-6-20(10)16(21)14-7-12-3-4-13(17)8-15(12)19-11(14)2/h3-4,7-8,10,18H,5-6,9H2,1-2H3/t10-/m1/s1. The molecule has 1 aliphatic rings. The maximum Gasteiger partial charge on any atom is 0.256 e. The largest absolute Gasteiger partial charge is 0.333 e. The molecule has 1 aromatic carbocycles. The van der Waals surface area contributed by atoms with Gasteiger partial charge in [-0.25, -0.2) is 4.39 Å². The lowest BCUT2D eigenvalue weighted by molar-refractivity contribution is 0.0654. The molecule has 0 unspecified atom stereocenters. The minimum atomic E-state index is -0.316. The SMILES string of the molecule is Cc1nc2cc(F)ccc2cc1C(=O)N1CCNC[C@H]1C. The van der Waals surface area contributed by atoms with E-state index in [9.17, 15) is 9.18 Å². The fourth-order valence-electron chi connectivity index (χ4n) is 2.75. The van der Waals surface area contributed by atoms with Gasteiger partial charge in [-0.05, 0) is 32.0 Å². The summed E-state index contributed by atoms with van der Waals surface area (Å²) in [5, 5.41) is 4.06. The third kappa shape index (κ3) is 2.61. The van der Waals surface area contributed by atoms with E-state index in [1.54, 1.807) is 13.0 Å². The summed E-state index contributed by atoms with van der Waals surface area (Å²) in [6.07, 6.45) is 0. The first-order valence-electron chi connectivity index (χ1n) is 7.15. The van der Waals surface area contributed by atoms with Gasteiger partial charge in [0.2, 0.25) is 0 Å². The highest BCUT2D eigenvalue weighted by atomic mass is 19.1. The van der Waals surface area contributed by atoms with Gasteiger partial charge < -0.3 is 10.2 Å². The topological polar surface area (TPSA) is 45.2 Å². The molecule has 1 N–H and O–H groups in total. The fraction of sp³-hybridized carbons (Fsp3) is 0.375. The maximum absolute atomic E-state index is 13.2. The smallest absolute Gasteiger partial charge is 0.256 e. The Morgan fingerprint density at radius 1 is 1.43 bits per heavy atom. The predicted octanol–water partition coefficient (Wildman–Crippen LogP) is 2.12. The molecule has 4 nitrogen and oxygen atoms in total. The van der Waals surface area contributed by atoms with E-state index in [-0.39, 0.29) is 17.8 Å². The molecule has 0 radical (unpaired) electrons. The second-order valence-corrected chi connectivity index (χ2v) is 5.51. The minimum absolute atomic E-state index is 0.000208. The number of rotatable bonds is 1. The highest BCUT2D eigenvalue weighted by Crippen LogP contribution is 2.20. The van der Waals surface area contributed by atoms with E-state index in [0.29, 0.717) is 23.3 Å². The van der Waals surface area contributed by atoms with Crippen LogP contribution in [-0.4, -0.2) is 41.5 Å². The highest BCUT2D eigenvalue weighted by Gasteiger charge is 2.25. The van der Waals surface area contributed by atoms with E-state index in [4.69, 9.17) is 0 Å². The summed E-state index contributed by atoms with van der Waals surface area (Å²) in [4.78, 5) is 19.0. The number of piperazine rings is 1. The molecule has 1 amide bonds. The third-order valence-corrected chi connectivity index (χ3v) is 3.96. The van der Waals surface area contributed by atoms with Crippen LogP contribution in [-0.2, 0) is 0 Å². The number of carbonyl (C=O) groups is 1. The quantitative estimate of drug-likeness (QED) is 0.874. The lowest BCUT2D eigenvalue weighted by Crippen LogP contribution is -2.52. The average Bonchev–Trinajstić information content (AvgIpc) is 2.46. The number of carbonyl (C=O) groups excluding carboxylic acids is 1. The lowest BCUT2D eigenvalue weighted by atomic mass is 10.1. The number of nitrogens with one attached hydrogen (secondary N) is 1. The van der Waals surface area contributed by atoms with Crippen molar-refractivity contribution in [3.63, 3.8) is 0 Å². The Balaban J connectivity index is 2.01. The Morgan fingerprint density at radius 3 is 3.00 bits per heavy atom. The van der Waals surface area contributed by atoms with Crippen LogP contribution in [0.2, 0.25) is 0 Å². The number of benzene rings is 1. The van der Waals surface area contributed by atoms with Crippen LogP contribution in [0.4, 0.5) is 4.39 Å². The molecule has 0 saturated carbocycles. The number of fused-ring (bicyclic) bond motifs is 1. The molecule has 1 saturated heterocycles. The molecule has 2 heterocycles. The summed E-state index contributed by atoms with van der Waals surface area (Å²) in [5.41, 5.74) is 1.82. The summed E-state index contributed by atoms with van der Waals surface area (Å²) in [7, 11) is 0. The summed E-state index contributed by atoms with van der Waals surface area (Å²) < 4.78 is 13.2. The third-order valence-electron chi connectivity index (χ3n) is 3.96. The van der Waals surface area contributed by atoms with Crippen molar-refractivity contribution in [2.45, 2.75) is 19.9 Å². The Morgan fingerprint density at radius 2 is 2.24 bits per heavy atom. The van der Waals surface area contributed by atoms with E-state index in [0.717, 1.165) is 18.5 Å². The van der Waals surface area contributed by atoms with Crippen LogP contribution in [0.3, 0.4) is 0 Å². The first-order chi connectivity index (χ1) is 10.1. The van der Waals surface area contributed by atoms with Crippen molar-refractivity contribution in [2.24, 2.45) is 0 Å². The van der Waals surface area contributed by atoms with Gasteiger partial charge in [0.1, 0.15) is 5.82 Å². The van der Waals surface area contributed by atoms with Crippen LogP contribution >= 0.6 is 0 Å². The first kappa shape index (κ1) is 13.9. The Kier molecular flexibility index (Phi) is 3.59. The van der Waals surface area contributed by atoms with Gasteiger partial charge in [-0.1, -0.05) is 0 Å². The second kappa shape index (κ2) is 5.41. The van der Waals surface area contributed by atoms with Gasteiger partial charge in [0.15, 0.2) is 0 Å². The first-order valence-corrected chi connectivity index (χ1v) is 7.15. The molecule has 3 rings (SSSR count). The molecule has 5 heteroatoms. The van der Waals surface area contributed by atoms with Crippen molar-refractivity contribution in [2.75, 3.05) is 19.6 Å². The van der Waals surface area contributed by atoms with Crippen molar-refractivity contribution >= 4 is 16.8 Å². The Bertz CT molecular complexity index is 701. The number of amides is 1. The van der Waals surface area contributed by atoms with Gasteiger partial charge in [-0.3, -0.25) is 9.78 Å². The lowest BCUT2D eigenvalue weighted by Gasteiger charge is -2.34. The normalized spacial score (nSPS) is 19.0. The number of aryl methyl sites for hydroxylation is 1. The van der Waals surface area contributed by atoms with E-state index >= 15 is 0 Å². The van der Waals surface area contributed by atoms with Gasteiger partial charge in [0.25, 0.3) is 5.91 Å². The summed E-state index contributed by atoms with van der Waals surface area (Å²) >= 11 is 0. The molecule has 1 aliphatic heterocycles. The maximum atomic E-state index is 13.2. The molecule has 0 spiro atoms. The monoisotopic (exact) mass is 287 g/mol. The highest BCUT2D eigenvalue weighted by molar-refractivity contribution is 5.98. The number of hydrogen-bond donors (Lipinski definition) is 1. The van der Waals surface area contributed by atoms with Crippen molar-refractivity contribution in [1.29, 1.82) is 0 Å². The van der Waals surface area contributed by atoms with Crippen molar-refractivity contribution in [3.8, 4) is 0 Å². The zero-order valence-corrected chi connectivity index (χ0v) is 12.2. The van der Waals surface area contributed by atoms with Crippen molar-refractivity contribution < 1.29 is 9.18 Å². The number of pyridine rings is 1. The summed E-state index contributed by atoms with van der Waals surface area (Å²) in [6, 6.07) is 6.42.